The largest absolute Gasteiger partial charge is 0.481 e. The van der Waals surface area contributed by atoms with Gasteiger partial charge in [-0.1, -0.05) is 12.8 Å². The van der Waals surface area contributed by atoms with Gasteiger partial charge in [0, 0.05) is 11.6 Å². The number of hydroxylamine groups is 1. The standard InChI is InChI=1S/C18H29NO5/c20-16(11-3-1-2-4-11)6-5-12-9-13-14(18(12)23)10-15(13)19-24-8-7-17(21)22/h11-12,14,16,18-20,23H,1-10H2,(H,21,22). The van der Waals surface area contributed by atoms with E-state index in [-0.39, 0.29) is 37.1 Å². The lowest BCUT2D eigenvalue weighted by Crippen LogP contribution is -2.32. The van der Waals surface area contributed by atoms with Crippen molar-refractivity contribution in [1.29, 1.82) is 0 Å². The third-order valence-corrected chi connectivity index (χ3v) is 6.03. The first-order valence-electron chi connectivity index (χ1n) is 9.24. The molecule has 4 N–H and O–H groups in total. The molecule has 0 radical (unpaired) electrons. The topological polar surface area (TPSA) is 99.0 Å². The Bertz CT molecular complexity index is 486. The lowest BCUT2D eigenvalue weighted by molar-refractivity contribution is -0.138. The Morgan fingerprint density at radius 1 is 1.29 bits per heavy atom. The molecule has 6 nitrogen and oxygen atoms in total. The quantitative estimate of drug-likeness (QED) is 0.379. The number of carboxylic acid groups (broad SMARTS) is 1. The van der Waals surface area contributed by atoms with Gasteiger partial charge in [-0.05, 0) is 55.9 Å². The number of fused-ring (bicyclic) bond motifs is 1. The molecule has 3 aliphatic rings. The number of hydrogen-bond donors (Lipinski definition) is 4. The van der Waals surface area contributed by atoms with Crippen LogP contribution in [0, 0.1) is 17.8 Å². The summed E-state index contributed by atoms with van der Waals surface area (Å²) in [4.78, 5) is 15.6. The van der Waals surface area contributed by atoms with Crippen molar-refractivity contribution in [3.05, 3.63) is 11.3 Å². The van der Waals surface area contributed by atoms with Gasteiger partial charge < -0.3 is 15.3 Å². The Balaban J connectivity index is 1.42. The van der Waals surface area contributed by atoms with Crippen molar-refractivity contribution in [2.24, 2.45) is 17.8 Å². The highest BCUT2D eigenvalue weighted by Crippen LogP contribution is 2.49. The molecule has 4 atom stereocenters. The van der Waals surface area contributed by atoms with Crippen LogP contribution in [0.1, 0.15) is 57.8 Å². The highest BCUT2D eigenvalue weighted by atomic mass is 16.6. The lowest BCUT2D eigenvalue weighted by atomic mass is 9.83. The number of aliphatic carboxylic acids is 1. The number of carbonyl (C=O) groups is 1. The molecular formula is C18H29NO5. The molecule has 0 aliphatic heterocycles. The highest BCUT2D eigenvalue weighted by Gasteiger charge is 2.45. The number of rotatable bonds is 9. The summed E-state index contributed by atoms with van der Waals surface area (Å²) in [7, 11) is 0. The molecule has 3 rings (SSSR count). The van der Waals surface area contributed by atoms with Crippen LogP contribution in [-0.2, 0) is 9.63 Å². The van der Waals surface area contributed by atoms with Crippen molar-refractivity contribution < 1.29 is 25.0 Å². The molecule has 0 aromatic heterocycles. The summed E-state index contributed by atoms with van der Waals surface area (Å²) in [6, 6.07) is 0. The first-order chi connectivity index (χ1) is 11.6. The number of carboxylic acids is 1. The van der Waals surface area contributed by atoms with E-state index in [4.69, 9.17) is 9.94 Å². The molecule has 0 saturated heterocycles. The smallest absolute Gasteiger partial charge is 0.305 e. The van der Waals surface area contributed by atoms with Crippen molar-refractivity contribution in [2.45, 2.75) is 70.0 Å². The van der Waals surface area contributed by atoms with Gasteiger partial charge in [0.15, 0.2) is 0 Å². The Morgan fingerprint density at radius 2 is 2.04 bits per heavy atom. The van der Waals surface area contributed by atoms with E-state index in [0.29, 0.717) is 5.92 Å². The fourth-order valence-electron chi connectivity index (χ4n) is 4.52. The molecule has 0 heterocycles. The van der Waals surface area contributed by atoms with E-state index in [1.807, 2.05) is 0 Å². The first-order valence-corrected chi connectivity index (χ1v) is 9.24. The van der Waals surface area contributed by atoms with Gasteiger partial charge in [-0.25, -0.2) is 0 Å². The van der Waals surface area contributed by atoms with Gasteiger partial charge in [0.05, 0.1) is 25.2 Å². The van der Waals surface area contributed by atoms with E-state index in [1.54, 1.807) is 0 Å². The van der Waals surface area contributed by atoms with E-state index >= 15 is 0 Å². The van der Waals surface area contributed by atoms with Gasteiger partial charge >= 0.3 is 5.97 Å². The molecule has 4 unspecified atom stereocenters. The van der Waals surface area contributed by atoms with Crippen molar-refractivity contribution in [1.82, 2.24) is 5.48 Å². The second-order valence-corrected chi connectivity index (χ2v) is 7.55. The van der Waals surface area contributed by atoms with Gasteiger partial charge in [-0.15, -0.1) is 0 Å². The molecule has 0 aromatic rings. The van der Waals surface area contributed by atoms with Gasteiger partial charge in [0.1, 0.15) is 0 Å². The van der Waals surface area contributed by atoms with Gasteiger partial charge in [-0.3, -0.25) is 15.1 Å². The van der Waals surface area contributed by atoms with Crippen LogP contribution in [0.5, 0.6) is 0 Å². The van der Waals surface area contributed by atoms with Crippen molar-refractivity contribution in [3.8, 4) is 0 Å². The first kappa shape index (κ1) is 17.7. The SMILES string of the molecule is O=C(O)CCONC1=C2CC(CCC(O)C3CCCC3)C(O)C2C1. The molecule has 0 spiro atoms. The molecule has 6 heteroatoms. The number of hydrogen-bond acceptors (Lipinski definition) is 5. The molecule has 2 saturated carbocycles. The third-order valence-electron chi connectivity index (χ3n) is 6.03. The summed E-state index contributed by atoms with van der Waals surface area (Å²) < 4.78 is 0. The molecule has 0 aromatic carbocycles. The van der Waals surface area contributed by atoms with Crippen LogP contribution in [0.2, 0.25) is 0 Å². The zero-order valence-corrected chi connectivity index (χ0v) is 14.1. The lowest BCUT2D eigenvalue weighted by Gasteiger charge is -2.30. The molecule has 136 valence electrons. The average molecular weight is 339 g/mol. The average Bonchev–Trinajstić information content (AvgIpc) is 3.13. The van der Waals surface area contributed by atoms with Crippen molar-refractivity contribution >= 4 is 5.97 Å². The Labute approximate surface area is 142 Å². The van der Waals surface area contributed by atoms with E-state index in [1.165, 1.54) is 18.4 Å². The Morgan fingerprint density at radius 3 is 2.75 bits per heavy atom. The minimum Gasteiger partial charge on any atom is -0.481 e. The predicted octanol–water partition coefficient (Wildman–Crippen LogP) is 1.97. The molecule has 0 bridgehead atoms. The van der Waals surface area contributed by atoms with Crippen LogP contribution in [0.3, 0.4) is 0 Å². The number of allylic oxidation sites excluding steroid dienone is 1. The van der Waals surface area contributed by atoms with Crippen molar-refractivity contribution in [3.63, 3.8) is 0 Å². The summed E-state index contributed by atoms with van der Waals surface area (Å²) >= 11 is 0. The molecule has 24 heavy (non-hydrogen) atoms. The number of nitrogens with one attached hydrogen (secondary N) is 1. The minimum absolute atomic E-state index is 0.0245. The molecular weight excluding hydrogens is 310 g/mol. The van der Waals surface area contributed by atoms with Crippen LogP contribution in [0.4, 0.5) is 0 Å². The van der Waals surface area contributed by atoms with Crippen LogP contribution in [0.15, 0.2) is 11.3 Å². The van der Waals surface area contributed by atoms with E-state index in [9.17, 15) is 15.0 Å². The zero-order chi connectivity index (χ0) is 17.1. The third kappa shape index (κ3) is 3.92. The summed E-state index contributed by atoms with van der Waals surface area (Å²) in [5.41, 5.74) is 5.08. The van der Waals surface area contributed by atoms with Gasteiger partial charge in [0.25, 0.3) is 0 Å². The van der Waals surface area contributed by atoms with Crippen LogP contribution < -0.4 is 5.48 Å². The monoisotopic (exact) mass is 339 g/mol. The number of aliphatic hydroxyl groups is 2. The summed E-state index contributed by atoms with van der Waals surface area (Å²) in [5, 5.41) is 29.3. The second kappa shape index (κ2) is 7.85. The maximum Gasteiger partial charge on any atom is 0.305 e. The predicted molar refractivity (Wildman–Crippen MR) is 87.8 cm³/mol. The van der Waals surface area contributed by atoms with E-state index in [2.05, 4.69) is 5.48 Å². The van der Waals surface area contributed by atoms with E-state index in [0.717, 1.165) is 44.2 Å². The molecule has 0 amide bonds. The number of aliphatic hydroxyl groups excluding tert-OH is 2. The Kier molecular flexibility index (Phi) is 5.79. The van der Waals surface area contributed by atoms with Crippen LogP contribution >= 0.6 is 0 Å². The van der Waals surface area contributed by atoms with Crippen molar-refractivity contribution in [2.75, 3.05) is 6.61 Å². The Hall–Kier alpha value is -1.11. The minimum atomic E-state index is -0.877. The maximum atomic E-state index is 10.5. The molecule has 3 aliphatic carbocycles. The highest BCUT2D eigenvalue weighted by molar-refractivity contribution is 5.66. The van der Waals surface area contributed by atoms with Gasteiger partial charge in [-0.2, -0.15) is 0 Å². The van der Waals surface area contributed by atoms with Gasteiger partial charge in [0.2, 0.25) is 0 Å². The summed E-state index contributed by atoms with van der Waals surface area (Å²) in [6.45, 7) is 0.135. The zero-order valence-electron chi connectivity index (χ0n) is 14.1. The van der Waals surface area contributed by atoms with E-state index < -0.39 is 5.97 Å². The van der Waals surface area contributed by atoms with Crippen LogP contribution in [0.25, 0.3) is 0 Å². The second-order valence-electron chi connectivity index (χ2n) is 7.55. The fourth-order valence-corrected chi connectivity index (χ4v) is 4.52. The summed E-state index contributed by atoms with van der Waals surface area (Å²) in [5.74, 6) is 0.0148. The van der Waals surface area contributed by atoms with Crippen LogP contribution in [-0.4, -0.2) is 40.1 Å². The molecule has 2 fully saturated rings. The normalized spacial score (nSPS) is 31.0. The summed E-state index contributed by atoms with van der Waals surface area (Å²) in [6.07, 6.45) is 7.47. The fraction of sp³-hybridized carbons (Fsp3) is 0.833. The maximum absolute atomic E-state index is 10.5.